The topological polar surface area (TPSA) is 99.0 Å². The predicted octanol–water partition coefficient (Wildman–Crippen LogP) is 2.42. The van der Waals surface area contributed by atoms with Gasteiger partial charge in [0.2, 0.25) is 0 Å². The second-order valence-corrected chi connectivity index (χ2v) is 6.93. The molecule has 0 radical (unpaired) electrons. The molecule has 0 aliphatic rings. The van der Waals surface area contributed by atoms with Crippen molar-refractivity contribution in [1.29, 1.82) is 0 Å². The highest BCUT2D eigenvalue weighted by molar-refractivity contribution is 7.89. The first-order valence-electron chi connectivity index (χ1n) is 6.86. The Bertz CT molecular complexity index is 853. The average molecular weight is 334 g/mol. The van der Waals surface area contributed by atoms with Crippen LogP contribution in [0.4, 0.5) is 0 Å². The van der Waals surface area contributed by atoms with E-state index in [0.29, 0.717) is 16.8 Å². The number of phenolic OH excluding ortho intramolecular Hbond substituents is 2. The molecule has 2 aromatic rings. The number of benzene rings is 2. The molecule has 0 atom stereocenters. The van der Waals surface area contributed by atoms with E-state index in [1.165, 1.54) is 24.3 Å². The maximum Gasteiger partial charge on any atom is 0.276 e. The fourth-order valence-electron chi connectivity index (χ4n) is 2.15. The van der Waals surface area contributed by atoms with E-state index in [0.717, 1.165) is 5.56 Å². The van der Waals surface area contributed by atoms with Crippen molar-refractivity contribution in [3.63, 3.8) is 0 Å². The molecule has 2 aromatic carbocycles. The van der Waals surface area contributed by atoms with Gasteiger partial charge in [-0.15, -0.1) is 0 Å². The summed E-state index contributed by atoms with van der Waals surface area (Å²) in [5.74, 6) is -0.265. The van der Waals surface area contributed by atoms with Gasteiger partial charge in [0, 0.05) is 11.6 Å². The molecule has 0 bridgehead atoms. The van der Waals surface area contributed by atoms with Crippen molar-refractivity contribution in [1.82, 2.24) is 4.83 Å². The van der Waals surface area contributed by atoms with Crippen molar-refractivity contribution in [2.75, 3.05) is 0 Å². The molecule has 0 heterocycles. The molecule has 0 aliphatic heterocycles. The minimum atomic E-state index is -3.79. The van der Waals surface area contributed by atoms with Crippen LogP contribution < -0.4 is 4.83 Å². The summed E-state index contributed by atoms with van der Waals surface area (Å²) in [4.78, 5) is 2.32. The van der Waals surface area contributed by atoms with Crippen LogP contribution in [0.25, 0.3) is 0 Å². The second kappa shape index (κ2) is 6.29. The van der Waals surface area contributed by atoms with E-state index in [-0.39, 0.29) is 16.4 Å². The highest BCUT2D eigenvalue weighted by Gasteiger charge is 2.16. The lowest BCUT2D eigenvalue weighted by Gasteiger charge is -2.09. The molecule has 122 valence electrons. The number of nitrogens with one attached hydrogen (secondary N) is 1. The largest absolute Gasteiger partial charge is 0.508 e. The maximum atomic E-state index is 12.3. The fourth-order valence-corrected chi connectivity index (χ4v) is 3.23. The molecule has 6 nitrogen and oxygen atoms in total. The van der Waals surface area contributed by atoms with Gasteiger partial charge in [0.05, 0.1) is 10.6 Å². The van der Waals surface area contributed by atoms with Crippen LogP contribution in [0.2, 0.25) is 0 Å². The molecule has 0 saturated heterocycles. The van der Waals surface area contributed by atoms with E-state index >= 15 is 0 Å². The Morgan fingerprint density at radius 2 is 1.65 bits per heavy atom. The highest BCUT2D eigenvalue weighted by Crippen LogP contribution is 2.21. The lowest BCUT2D eigenvalue weighted by Crippen LogP contribution is -2.20. The molecular formula is C16H18N2O4S. The third-order valence-electron chi connectivity index (χ3n) is 3.27. The zero-order chi connectivity index (χ0) is 17.2. The number of nitrogens with zero attached hydrogens (tertiary/aromatic N) is 1. The molecule has 0 spiro atoms. The molecular weight excluding hydrogens is 316 g/mol. The minimum absolute atomic E-state index is 0.133. The molecule has 0 unspecified atom stereocenters. The fraction of sp³-hybridized carbons (Fsp3) is 0.188. The van der Waals surface area contributed by atoms with Gasteiger partial charge in [-0.25, -0.2) is 0 Å². The van der Waals surface area contributed by atoms with Gasteiger partial charge in [-0.05, 0) is 44.5 Å². The Labute approximate surface area is 135 Å². The Balaban J connectivity index is 2.30. The summed E-state index contributed by atoms with van der Waals surface area (Å²) in [7, 11) is -3.79. The second-order valence-electron chi connectivity index (χ2n) is 5.30. The first kappa shape index (κ1) is 16.8. The van der Waals surface area contributed by atoms with Crippen molar-refractivity contribution < 1.29 is 18.6 Å². The van der Waals surface area contributed by atoms with Crippen molar-refractivity contribution in [2.45, 2.75) is 25.7 Å². The first-order valence-corrected chi connectivity index (χ1v) is 8.34. The van der Waals surface area contributed by atoms with E-state index in [4.69, 9.17) is 0 Å². The number of hydrogen-bond donors (Lipinski definition) is 3. The molecule has 0 aliphatic carbocycles. The monoisotopic (exact) mass is 334 g/mol. The lowest BCUT2D eigenvalue weighted by molar-refractivity contribution is 0.450. The van der Waals surface area contributed by atoms with Crippen LogP contribution in [-0.4, -0.2) is 24.3 Å². The van der Waals surface area contributed by atoms with Gasteiger partial charge < -0.3 is 10.2 Å². The third kappa shape index (κ3) is 4.01. The molecule has 23 heavy (non-hydrogen) atoms. The van der Waals surface area contributed by atoms with E-state index in [1.54, 1.807) is 26.0 Å². The van der Waals surface area contributed by atoms with Crippen LogP contribution in [0.1, 0.15) is 23.6 Å². The van der Waals surface area contributed by atoms with Crippen LogP contribution in [0.5, 0.6) is 11.5 Å². The summed E-state index contributed by atoms with van der Waals surface area (Å²) in [5, 5.41) is 22.8. The van der Waals surface area contributed by atoms with E-state index in [1.807, 2.05) is 6.92 Å². The number of aromatic hydroxyl groups is 2. The van der Waals surface area contributed by atoms with Crippen LogP contribution >= 0.6 is 0 Å². The highest BCUT2D eigenvalue weighted by atomic mass is 32.2. The summed E-state index contributed by atoms with van der Waals surface area (Å²) >= 11 is 0. The minimum Gasteiger partial charge on any atom is -0.508 e. The summed E-state index contributed by atoms with van der Waals surface area (Å²) in [6.45, 7) is 5.16. The summed E-state index contributed by atoms with van der Waals surface area (Å²) in [5.41, 5.74) is 2.31. The molecule has 0 fully saturated rings. The number of aryl methyl sites for hydroxylation is 2. The van der Waals surface area contributed by atoms with E-state index in [9.17, 15) is 18.6 Å². The van der Waals surface area contributed by atoms with Gasteiger partial charge in [0.15, 0.2) is 0 Å². The smallest absolute Gasteiger partial charge is 0.276 e. The van der Waals surface area contributed by atoms with Crippen LogP contribution in [0.15, 0.2) is 46.4 Å². The third-order valence-corrected chi connectivity index (χ3v) is 4.64. The van der Waals surface area contributed by atoms with Crippen molar-refractivity contribution >= 4 is 15.7 Å². The van der Waals surface area contributed by atoms with Gasteiger partial charge in [-0.2, -0.15) is 18.4 Å². The number of rotatable bonds is 4. The standard InChI is InChI=1S/C16H18N2O4S/c1-10-4-5-16(11(2)6-10)23(21,22)18-17-12(3)13-7-14(19)9-15(20)8-13/h4-9,18-20H,1-3H3. The normalized spacial score (nSPS) is 12.2. The molecule has 2 rings (SSSR count). The molecule has 7 heteroatoms. The van der Waals surface area contributed by atoms with Gasteiger partial charge in [-0.3, -0.25) is 0 Å². The lowest BCUT2D eigenvalue weighted by atomic mass is 10.1. The summed E-state index contributed by atoms with van der Waals surface area (Å²) < 4.78 is 24.6. The maximum absolute atomic E-state index is 12.3. The number of sulfonamides is 1. The number of hydrogen-bond acceptors (Lipinski definition) is 5. The van der Waals surface area contributed by atoms with Crippen LogP contribution in [0.3, 0.4) is 0 Å². The first-order chi connectivity index (χ1) is 10.7. The van der Waals surface area contributed by atoms with Crippen molar-refractivity contribution in [3.05, 3.63) is 53.1 Å². The Morgan fingerprint density at radius 1 is 1.04 bits per heavy atom. The summed E-state index contributed by atoms with van der Waals surface area (Å²) in [6.07, 6.45) is 0. The zero-order valence-corrected chi connectivity index (χ0v) is 13.8. The Kier molecular flexibility index (Phi) is 4.60. The Hall–Kier alpha value is -2.54. The van der Waals surface area contributed by atoms with Gasteiger partial charge in [-0.1, -0.05) is 17.7 Å². The van der Waals surface area contributed by atoms with Crippen LogP contribution in [0, 0.1) is 13.8 Å². The van der Waals surface area contributed by atoms with Crippen molar-refractivity contribution in [2.24, 2.45) is 5.10 Å². The summed E-state index contributed by atoms with van der Waals surface area (Å²) in [6, 6.07) is 8.95. The van der Waals surface area contributed by atoms with E-state index < -0.39 is 10.0 Å². The molecule has 0 aromatic heterocycles. The van der Waals surface area contributed by atoms with Crippen molar-refractivity contribution in [3.8, 4) is 11.5 Å². The molecule has 0 amide bonds. The zero-order valence-electron chi connectivity index (χ0n) is 13.0. The Morgan fingerprint density at radius 3 is 2.22 bits per heavy atom. The van der Waals surface area contributed by atoms with Gasteiger partial charge in [0.25, 0.3) is 10.0 Å². The number of hydrazone groups is 1. The number of phenols is 2. The molecule has 0 saturated carbocycles. The van der Waals surface area contributed by atoms with E-state index in [2.05, 4.69) is 9.93 Å². The predicted molar refractivity (Wildman–Crippen MR) is 88.2 cm³/mol. The van der Waals surface area contributed by atoms with Crippen LogP contribution in [-0.2, 0) is 10.0 Å². The van der Waals surface area contributed by atoms with Gasteiger partial charge >= 0.3 is 0 Å². The average Bonchev–Trinajstić information content (AvgIpc) is 2.43. The quantitative estimate of drug-likeness (QED) is 0.590. The molecule has 3 N–H and O–H groups in total. The SMILES string of the molecule is CC(=NNS(=O)(=O)c1ccc(C)cc1C)c1cc(O)cc(O)c1. The van der Waals surface area contributed by atoms with Gasteiger partial charge in [0.1, 0.15) is 11.5 Å².